The molecule has 18 nitrogen and oxygen atoms in total. The van der Waals surface area contributed by atoms with Crippen molar-refractivity contribution in [3.8, 4) is 0 Å². The highest BCUT2D eigenvalue weighted by atomic mass is 16.5. The molecule has 91 heavy (non-hydrogen) atoms. The number of aliphatic hydroxyl groups excluding tert-OH is 1. The van der Waals surface area contributed by atoms with Gasteiger partial charge >= 0.3 is 5.97 Å². The lowest BCUT2D eigenvalue weighted by atomic mass is 9.77. The van der Waals surface area contributed by atoms with Crippen molar-refractivity contribution in [1.82, 2.24) is 37.2 Å². The van der Waals surface area contributed by atoms with E-state index in [1.165, 1.54) is 14.0 Å². The fourth-order valence-corrected chi connectivity index (χ4v) is 11.4. The molecule has 0 aliphatic carbocycles. The van der Waals surface area contributed by atoms with Crippen LogP contribution in [-0.2, 0) is 54.2 Å². The molecule has 0 unspecified atom stereocenters. The SMILES string of the molecule is CCCCCCCC[C@@H](NC(=O)[C@@H](CC(C)C)NC(=O)[C@@H](NC(=O)[C@@H](CC(C)C)NC(=O)[C@@H](CC(=O)NC(c1ccccc1)(c1ccccc1)c1ccccc1)NC(=O)[C@@H](N)CC(=O)NC(c1ccccc1)(c1ccccc1)c1ccccc1)[C@@H](C)O)C(=O)OC. The Morgan fingerprint density at radius 1 is 0.418 bits per heavy atom. The number of ether oxygens (including phenoxy) is 1. The van der Waals surface area contributed by atoms with E-state index < -0.39 is 114 Å². The lowest BCUT2D eigenvalue weighted by Crippen LogP contribution is -2.62. The van der Waals surface area contributed by atoms with Gasteiger partial charge in [0.1, 0.15) is 41.3 Å². The highest BCUT2D eigenvalue weighted by Gasteiger charge is 2.42. The standard InChI is InChI=1S/C73H92N8O10/c1-8-9-10-11-12-31-44-59(71(90)91-7)75-67(86)60(45-49(2)3)78-70(89)65(51(6)82)79-69(88)61(46-50(4)5)77-68(87)62(48-64(84)81-73(55-38-25-16-26-39-55,56-40-27-17-28-41-56)57-42-29-18-30-43-57)76-66(85)58(74)47-63(83)80-72(52-32-19-13-20-33-52,53-34-21-14-22-35-53)54-36-23-15-24-37-54/h13-30,32-43,49-51,58-62,65,82H,8-12,31,44-48,74H2,1-7H3,(H,75,86)(H,76,85)(H,77,87)(H,78,89)(H,79,88)(H,80,83)(H,81,84)/t51-,58+,59-,60-,61-,62-,65+/m1/s1. The summed E-state index contributed by atoms with van der Waals surface area (Å²) in [5, 5.41) is 31.0. The number of nitrogens with one attached hydrogen (secondary N) is 7. The largest absolute Gasteiger partial charge is 0.467 e. The number of nitrogens with two attached hydrogens (primary N) is 1. The summed E-state index contributed by atoms with van der Waals surface area (Å²) >= 11 is 0. The Balaban J connectivity index is 1.30. The zero-order valence-electron chi connectivity index (χ0n) is 53.5. The number of hydrogen-bond donors (Lipinski definition) is 9. The minimum Gasteiger partial charge on any atom is -0.467 e. The molecule has 0 aromatic heterocycles. The highest BCUT2D eigenvalue weighted by molar-refractivity contribution is 5.99. The normalized spacial score (nSPS) is 13.8. The molecule has 0 radical (unpaired) electrons. The maximum atomic E-state index is 15.1. The molecule has 0 aliphatic heterocycles. The fourth-order valence-electron chi connectivity index (χ4n) is 11.4. The molecule has 0 aliphatic rings. The van der Waals surface area contributed by atoms with E-state index in [0.29, 0.717) is 29.5 Å². The Labute approximate surface area is 536 Å². The lowest BCUT2D eigenvalue weighted by molar-refractivity contribution is -0.145. The van der Waals surface area contributed by atoms with E-state index in [4.69, 9.17) is 10.5 Å². The summed E-state index contributed by atoms with van der Waals surface area (Å²) in [6.07, 6.45) is 3.29. The van der Waals surface area contributed by atoms with Gasteiger partial charge in [-0.25, -0.2) is 4.79 Å². The minimum atomic E-state index is -1.75. The molecule has 0 bridgehead atoms. The summed E-state index contributed by atoms with van der Waals surface area (Å²) in [6.45, 7) is 10.7. The average Bonchev–Trinajstić information content (AvgIpc) is 0.802. The van der Waals surface area contributed by atoms with Crippen LogP contribution < -0.4 is 43.0 Å². The van der Waals surface area contributed by atoms with Gasteiger partial charge in [0, 0.05) is 0 Å². The molecule has 7 atom stereocenters. The first-order valence-electron chi connectivity index (χ1n) is 31.7. The van der Waals surface area contributed by atoms with E-state index in [2.05, 4.69) is 44.1 Å². The average molecular weight is 1240 g/mol. The molecule has 6 rings (SSSR count). The van der Waals surface area contributed by atoms with Crippen LogP contribution in [-0.4, -0.2) is 102 Å². The Morgan fingerprint density at radius 3 is 1.10 bits per heavy atom. The molecular formula is C73H92N8O10. The van der Waals surface area contributed by atoms with Gasteiger partial charge in [-0.1, -0.05) is 255 Å². The first-order chi connectivity index (χ1) is 43.7. The number of unbranched alkanes of at least 4 members (excludes halogenated alkanes) is 5. The van der Waals surface area contributed by atoms with Crippen molar-refractivity contribution in [3.63, 3.8) is 0 Å². The third kappa shape index (κ3) is 20.0. The molecule has 0 spiro atoms. The quantitative estimate of drug-likeness (QED) is 0.0104. The van der Waals surface area contributed by atoms with Gasteiger partial charge in [0.15, 0.2) is 0 Å². The molecule has 7 amide bonds. The number of aliphatic hydroxyl groups is 1. The van der Waals surface area contributed by atoms with Crippen LogP contribution in [0.15, 0.2) is 182 Å². The first-order valence-corrected chi connectivity index (χ1v) is 31.7. The number of hydrogen-bond acceptors (Lipinski definition) is 11. The summed E-state index contributed by atoms with van der Waals surface area (Å²) in [5.41, 5.74) is 8.25. The number of benzene rings is 6. The topological polar surface area (TPSA) is 276 Å². The van der Waals surface area contributed by atoms with Crippen molar-refractivity contribution in [2.24, 2.45) is 17.6 Å². The molecule has 6 aromatic carbocycles. The molecule has 0 heterocycles. The van der Waals surface area contributed by atoms with Crippen molar-refractivity contribution in [3.05, 3.63) is 215 Å². The zero-order chi connectivity index (χ0) is 65.9. The van der Waals surface area contributed by atoms with E-state index >= 15 is 9.59 Å². The van der Waals surface area contributed by atoms with Crippen LogP contribution in [0.5, 0.6) is 0 Å². The number of carbonyl (C=O) groups is 8. The zero-order valence-corrected chi connectivity index (χ0v) is 53.5. The number of rotatable bonds is 35. The molecule has 18 heteroatoms. The molecular weight excluding hydrogens is 1150 g/mol. The van der Waals surface area contributed by atoms with Gasteiger partial charge in [0.2, 0.25) is 41.4 Å². The van der Waals surface area contributed by atoms with Crippen LogP contribution in [0, 0.1) is 11.8 Å². The number of carbonyl (C=O) groups excluding carboxylic acids is 8. The van der Waals surface area contributed by atoms with E-state index in [1.807, 2.05) is 196 Å². The predicted octanol–water partition coefficient (Wildman–Crippen LogP) is 8.13. The third-order valence-electron chi connectivity index (χ3n) is 16.1. The minimum absolute atomic E-state index is 0.0324. The van der Waals surface area contributed by atoms with Gasteiger partial charge in [-0.3, -0.25) is 33.6 Å². The Bertz CT molecular complexity index is 3070. The Kier molecular flexibility index (Phi) is 27.7. The van der Waals surface area contributed by atoms with E-state index in [0.717, 1.165) is 48.8 Å². The van der Waals surface area contributed by atoms with Gasteiger partial charge in [-0.2, -0.15) is 0 Å². The Morgan fingerprint density at radius 2 is 0.736 bits per heavy atom. The number of esters is 1. The molecule has 10 N–H and O–H groups in total. The third-order valence-corrected chi connectivity index (χ3v) is 16.1. The van der Waals surface area contributed by atoms with Crippen LogP contribution in [0.2, 0.25) is 0 Å². The summed E-state index contributed by atoms with van der Waals surface area (Å²) in [6, 6.07) is 47.2. The van der Waals surface area contributed by atoms with E-state index in [9.17, 15) is 33.9 Å². The molecule has 0 saturated carbocycles. The van der Waals surface area contributed by atoms with Crippen LogP contribution >= 0.6 is 0 Å². The predicted molar refractivity (Wildman–Crippen MR) is 352 cm³/mol. The van der Waals surface area contributed by atoms with E-state index in [-0.39, 0.29) is 24.7 Å². The maximum Gasteiger partial charge on any atom is 0.328 e. The number of amides is 7. The first kappa shape index (κ1) is 71.1. The lowest BCUT2D eigenvalue weighted by Gasteiger charge is -2.37. The molecule has 484 valence electrons. The molecule has 0 saturated heterocycles. The van der Waals surface area contributed by atoms with E-state index in [1.54, 1.807) is 13.8 Å². The van der Waals surface area contributed by atoms with Crippen LogP contribution in [0.3, 0.4) is 0 Å². The fraction of sp³-hybridized carbons (Fsp3) is 0.397. The van der Waals surface area contributed by atoms with Gasteiger partial charge in [0.05, 0.1) is 32.1 Å². The van der Waals surface area contributed by atoms with Crippen molar-refractivity contribution in [1.29, 1.82) is 0 Å². The Hall–Kier alpha value is -9.00. The van der Waals surface area contributed by atoms with Crippen molar-refractivity contribution >= 4 is 47.3 Å². The monoisotopic (exact) mass is 1240 g/mol. The summed E-state index contributed by atoms with van der Waals surface area (Å²) in [5.74, 6) is -6.83. The number of methoxy groups -OCH3 is 1. The summed E-state index contributed by atoms with van der Waals surface area (Å²) in [7, 11) is 1.23. The molecule has 6 aromatic rings. The smallest absolute Gasteiger partial charge is 0.328 e. The van der Waals surface area contributed by atoms with Gasteiger partial charge in [-0.15, -0.1) is 0 Å². The van der Waals surface area contributed by atoms with Crippen LogP contribution in [0.25, 0.3) is 0 Å². The van der Waals surface area contributed by atoms with Gasteiger partial charge < -0.3 is 52.8 Å². The van der Waals surface area contributed by atoms with Crippen LogP contribution in [0.1, 0.15) is 146 Å². The second-order valence-corrected chi connectivity index (χ2v) is 24.1. The van der Waals surface area contributed by atoms with Crippen LogP contribution in [0.4, 0.5) is 0 Å². The van der Waals surface area contributed by atoms with Gasteiger partial charge in [0.25, 0.3) is 0 Å². The van der Waals surface area contributed by atoms with Gasteiger partial charge in [-0.05, 0) is 71.4 Å². The molecule has 0 fully saturated rings. The second kappa shape index (κ2) is 35.4. The van der Waals surface area contributed by atoms with Crippen molar-refractivity contribution in [2.45, 2.75) is 166 Å². The maximum absolute atomic E-state index is 15.1. The highest BCUT2D eigenvalue weighted by Crippen LogP contribution is 2.38. The summed E-state index contributed by atoms with van der Waals surface area (Å²) < 4.78 is 5.03. The van der Waals surface area contributed by atoms with Crippen molar-refractivity contribution < 1.29 is 48.2 Å². The second-order valence-electron chi connectivity index (χ2n) is 24.1. The van der Waals surface area contributed by atoms with Crippen molar-refractivity contribution in [2.75, 3.05) is 7.11 Å². The summed E-state index contributed by atoms with van der Waals surface area (Å²) in [4.78, 5) is 115.